The number of phenols is 1. The number of benzene rings is 1. The standard InChI is InChI=1S/C11H12BrNO2/c12-5-8-6-13(7-8)11(15)9-3-1-2-4-10(9)14/h1-4,8,14H,5-7H2. The van der Waals surface area contributed by atoms with Gasteiger partial charge < -0.3 is 10.0 Å². The number of phenolic OH excluding ortho intramolecular Hbond substituents is 1. The second kappa shape index (κ2) is 4.23. The second-order valence-corrected chi connectivity index (χ2v) is 4.40. The molecule has 1 heterocycles. The summed E-state index contributed by atoms with van der Waals surface area (Å²) in [6, 6.07) is 6.66. The largest absolute Gasteiger partial charge is 0.507 e. The van der Waals surface area contributed by atoms with Gasteiger partial charge in [-0.1, -0.05) is 28.1 Å². The molecule has 0 spiro atoms. The summed E-state index contributed by atoms with van der Waals surface area (Å²) in [5, 5.41) is 10.4. The molecule has 1 saturated heterocycles. The minimum atomic E-state index is -0.0784. The number of carbonyl (C=O) groups is 1. The fourth-order valence-electron chi connectivity index (χ4n) is 1.66. The van der Waals surface area contributed by atoms with Gasteiger partial charge in [-0.2, -0.15) is 0 Å². The average Bonchev–Trinajstić information content (AvgIpc) is 2.16. The van der Waals surface area contributed by atoms with Crippen LogP contribution < -0.4 is 0 Å². The molecule has 80 valence electrons. The molecule has 0 unspecified atom stereocenters. The Bertz CT molecular complexity index is 375. The van der Waals surface area contributed by atoms with Crippen molar-refractivity contribution in [1.29, 1.82) is 0 Å². The second-order valence-electron chi connectivity index (χ2n) is 3.75. The number of likely N-dealkylation sites (tertiary alicyclic amines) is 1. The first-order chi connectivity index (χ1) is 7.22. The number of carbonyl (C=O) groups excluding carboxylic acids is 1. The van der Waals surface area contributed by atoms with E-state index in [9.17, 15) is 9.90 Å². The van der Waals surface area contributed by atoms with Gasteiger partial charge in [0.25, 0.3) is 5.91 Å². The van der Waals surface area contributed by atoms with E-state index in [0.29, 0.717) is 11.5 Å². The number of aromatic hydroxyl groups is 1. The molecule has 2 rings (SSSR count). The van der Waals surface area contributed by atoms with Crippen molar-refractivity contribution >= 4 is 21.8 Å². The van der Waals surface area contributed by atoms with E-state index in [1.165, 1.54) is 6.07 Å². The molecule has 15 heavy (non-hydrogen) atoms. The quantitative estimate of drug-likeness (QED) is 0.833. The minimum absolute atomic E-state index is 0.0600. The maximum absolute atomic E-state index is 11.9. The summed E-state index contributed by atoms with van der Waals surface area (Å²) in [5.41, 5.74) is 0.394. The Balaban J connectivity index is 2.07. The van der Waals surface area contributed by atoms with Crippen LogP contribution in [0.25, 0.3) is 0 Å². The average molecular weight is 270 g/mol. The van der Waals surface area contributed by atoms with Crippen molar-refractivity contribution in [3.8, 4) is 5.75 Å². The van der Waals surface area contributed by atoms with Gasteiger partial charge in [0.05, 0.1) is 5.56 Å². The monoisotopic (exact) mass is 269 g/mol. The van der Waals surface area contributed by atoms with Crippen LogP contribution in [0, 0.1) is 5.92 Å². The summed E-state index contributed by atoms with van der Waals surface area (Å²) in [6.45, 7) is 1.55. The topological polar surface area (TPSA) is 40.5 Å². The van der Waals surface area contributed by atoms with Crippen LogP contribution in [0.1, 0.15) is 10.4 Å². The number of amides is 1. The van der Waals surface area contributed by atoms with Crippen molar-refractivity contribution in [2.75, 3.05) is 18.4 Å². The minimum Gasteiger partial charge on any atom is -0.507 e. The molecule has 0 aromatic heterocycles. The third-order valence-electron chi connectivity index (χ3n) is 2.60. The fraction of sp³-hybridized carbons (Fsp3) is 0.364. The van der Waals surface area contributed by atoms with Crippen LogP contribution in [0.15, 0.2) is 24.3 Å². The van der Waals surface area contributed by atoms with Gasteiger partial charge in [-0.05, 0) is 12.1 Å². The van der Waals surface area contributed by atoms with Crippen LogP contribution in [0.3, 0.4) is 0 Å². The predicted molar refractivity (Wildman–Crippen MR) is 61.3 cm³/mol. The molecule has 0 atom stereocenters. The highest BCUT2D eigenvalue weighted by atomic mass is 79.9. The zero-order chi connectivity index (χ0) is 10.8. The van der Waals surface area contributed by atoms with Gasteiger partial charge >= 0.3 is 0 Å². The van der Waals surface area contributed by atoms with Gasteiger partial charge in [0.2, 0.25) is 0 Å². The number of hydrogen-bond acceptors (Lipinski definition) is 2. The maximum Gasteiger partial charge on any atom is 0.257 e. The fourth-order valence-corrected chi connectivity index (χ4v) is 2.07. The van der Waals surface area contributed by atoms with Crippen LogP contribution in [0.2, 0.25) is 0 Å². The Labute approximate surface area is 96.8 Å². The third kappa shape index (κ3) is 2.00. The highest BCUT2D eigenvalue weighted by Gasteiger charge is 2.31. The van der Waals surface area contributed by atoms with Gasteiger partial charge in [0.1, 0.15) is 5.75 Å². The SMILES string of the molecule is O=C(c1ccccc1O)N1CC(CBr)C1. The molecule has 1 aliphatic heterocycles. The molecule has 0 bridgehead atoms. The highest BCUT2D eigenvalue weighted by Crippen LogP contribution is 2.24. The summed E-state index contributed by atoms with van der Waals surface area (Å²) < 4.78 is 0. The van der Waals surface area contributed by atoms with E-state index in [1.807, 2.05) is 0 Å². The van der Waals surface area contributed by atoms with Crippen molar-refractivity contribution in [3.63, 3.8) is 0 Å². The van der Waals surface area contributed by atoms with Crippen LogP contribution in [-0.2, 0) is 0 Å². The highest BCUT2D eigenvalue weighted by molar-refractivity contribution is 9.09. The van der Waals surface area contributed by atoms with Crippen molar-refractivity contribution in [2.45, 2.75) is 0 Å². The molecule has 0 aliphatic carbocycles. The maximum atomic E-state index is 11.9. The molecule has 1 amide bonds. The predicted octanol–water partition coefficient (Wildman–Crippen LogP) is 1.86. The molecule has 1 N–H and O–H groups in total. The molecule has 1 aromatic rings. The summed E-state index contributed by atoms with van der Waals surface area (Å²) in [7, 11) is 0. The van der Waals surface area contributed by atoms with Gasteiger partial charge in [-0.25, -0.2) is 0 Å². The van der Waals surface area contributed by atoms with Crippen molar-refractivity contribution in [3.05, 3.63) is 29.8 Å². The molecule has 3 nitrogen and oxygen atoms in total. The summed E-state index contributed by atoms with van der Waals surface area (Å²) >= 11 is 3.39. The first-order valence-corrected chi connectivity index (χ1v) is 5.97. The summed E-state index contributed by atoms with van der Waals surface area (Å²) in [4.78, 5) is 13.6. The van der Waals surface area contributed by atoms with Crippen molar-refractivity contribution < 1.29 is 9.90 Å². The molecule has 0 saturated carbocycles. The Morgan fingerprint density at radius 2 is 2.13 bits per heavy atom. The van der Waals surface area contributed by atoms with E-state index in [2.05, 4.69) is 15.9 Å². The van der Waals surface area contributed by atoms with Gasteiger partial charge in [0.15, 0.2) is 0 Å². The van der Waals surface area contributed by atoms with Crippen LogP contribution in [-0.4, -0.2) is 34.3 Å². The smallest absolute Gasteiger partial charge is 0.257 e. The van der Waals surface area contributed by atoms with E-state index in [-0.39, 0.29) is 11.7 Å². The number of alkyl halides is 1. The normalized spacial score (nSPS) is 16.2. The van der Waals surface area contributed by atoms with E-state index in [1.54, 1.807) is 23.1 Å². The molecule has 1 aromatic carbocycles. The number of nitrogens with zero attached hydrogens (tertiary/aromatic N) is 1. The van der Waals surface area contributed by atoms with Gasteiger partial charge in [-0.15, -0.1) is 0 Å². The lowest BCUT2D eigenvalue weighted by atomic mass is 10.0. The number of halogens is 1. The van der Waals surface area contributed by atoms with E-state index < -0.39 is 0 Å². The summed E-state index contributed by atoms with van der Waals surface area (Å²) in [5.74, 6) is 0.537. The zero-order valence-corrected chi connectivity index (χ0v) is 9.77. The Kier molecular flexibility index (Phi) is 2.95. The molecular formula is C11H12BrNO2. The van der Waals surface area contributed by atoms with Gasteiger partial charge in [0, 0.05) is 24.3 Å². The molecule has 1 fully saturated rings. The lowest BCUT2D eigenvalue weighted by Crippen LogP contribution is -2.50. The van der Waals surface area contributed by atoms with E-state index in [4.69, 9.17) is 0 Å². The lowest BCUT2D eigenvalue weighted by Gasteiger charge is -2.38. The Morgan fingerprint density at radius 3 is 2.73 bits per heavy atom. The Morgan fingerprint density at radius 1 is 1.47 bits per heavy atom. The van der Waals surface area contributed by atoms with Crippen molar-refractivity contribution in [2.24, 2.45) is 5.92 Å². The first kappa shape index (κ1) is 10.5. The van der Waals surface area contributed by atoms with E-state index in [0.717, 1.165) is 18.4 Å². The first-order valence-electron chi connectivity index (χ1n) is 4.85. The number of para-hydroxylation sites is 1. The van der Waals surface area contributed by atoms with Crippen LogP contribution in [0.5, 0.6) is 5.75 Å². The number of hydrogen-bond donors (Lipinski definition) is 1. The van der Waals surface area contributed by atoms with Crippen LogP contribution >= 0.6 is 15.9 Å². The molecular weight excluding hydrogens is 258 g/mol. The Hall–Kier alpha value is -1.03. The van der Waals surface area contributed by atoms with Crippen molar-refractivity contribution in [1.82, 2.24) is 4.90 Å². The zero-order valence-electron chi connectivity index (χ0n) is 8.19. The molecule has 0 radical (unpaired) electrons. The molecule has 1 aliphatic rings. The lowest BCUT2D eigenvalue weighted by molar-refractivity contribution is 0.0536. The van der Waals surface area contributed by atoms with Crippen LogP contribution in [0.4, 0.5) is 0 Å². The van der Waals surface area contributed by atoms with Gasteiger partial charge in [-0.3, -0.25) is 4.79 Å². The summed E-state index contributed by atoms with van der Waals surface area (Å²) in [6.07, 6.45) is 0. The molecule has 4 heteroatoms. The van der Waals surface area contributed by atoms with E-state index >= 15 is 0 Å². The number of rotatable bonds is 2. The third-order valence-corrected chi connectivity index (χ3v) is 3.51.